The highest BCUT2D eigenvalue weighted by Crippen LogP contribution is 2.27. The van der Waals surface area contributed by atoms with Gasteiger partial charge in [-0.05, 0) is 36.9 Å². The third-order valence-electron chi connectivity index (χ3n) is 2.83. The first-order valence-corrected chi connectivity index (χ1v) is 6.88. The Labute approximate surface area is 109 Å². The van der Waals surface area contributed by atoms with E-state index in [1.165, 1.54) is 4.70 Å². The van der Waals surface area contributed by atoms with Gasteiger partial charge in [-0.2, -0.15) is 0 Å². The van der Waals surface area contributed by atoms with Gasteiger partial charge in [0.15, 0.2) is 0 Å². The van der Waals surface area contributed by atoms with Crippen molar-refractivity contribution in [3.63, 3.8) is 0 Å². The summed E-state index contributed by atoms with van der Waals surface area (Å²) in [7, 11) is 0. The van der Waals surface area contributed by atoms with Crippen molar-refractivity contribution >= 4 is 21.6 Å². The maximum Gasteiger partial charge on any atom is 0.134 e. The summed E-state index contributed by atoms with van der Waals surface area (Å²) in [5.74, 6) is 1.88. The maximum atomic E-state index is 5.82. The van der Waals surface area contributed by atoms with E-state index >= 15 is 0 Å². The van der Waals surface area contributed by atoms with E-state index < -0.39 is 0 Å². The summed E-state index contributed by atoms with van der Waals surface area (Å²) in [6.07, 6.45) is 0. The predicted octanol–water partition coefficient (Wildman–Crippen LogP) is 3.67. The molecule has 0 aliphatic carbocycles. The number of furan rings is 1. The van der Waals surface area contributed by atoms with Crippen LogP contribution in [0.1, 0.15) is 12.7 Å². The normalized spacial score (nSPS) is 11.2. The summed E-state index contributed by atoms with van der Waals surface area (Å²) >= 11 is 1.65. The average Bonchev–Trinajstić information content (AvgIpc) is 3.04. The van der Waals surface area contributed by atoms with E-state index in [0.29, 0.717) is 0 Å². The van der Waals surface area contributed by atoms with Crippen LogP contribution >= 0.6 is 11.3 Å². The molecule has 3 nitrogen and oxygen atoms in total. The molecule has 1 N–H and O–H groups in total. The van der Waals surface area contributed by atoms with Crippen LogP contribution in [0, 0.1) is 0 Å². The first-order valence-electron chi connectivity index (χ1n) is 6.00. The third-order valence-corrected chi connectivity index (χ3v) is 3.62. The van der Waals surface area contributed by atoms with E-state index in [-0.39, 0.29) is 0 Å². The lowest BCUT2D eigenvalue weighted by Gasteiger charge is -1.99. The van der Waals surface area contributed by atoms with Crippen LogP contribution in [0.3, 0.4) is 0 Å². The minimum atomic E-state index is 0.777. The lowest BCUT2D eigenvalue weighted by atomic mass is 10.2. The number of rotatable bonds is 4. The summed E-state index contributed by atoms with van der Waals surface area (Å²) in [5, 5.41) is 3.25. The number of fused-ring (bicyclic) bond motifs is 1. The van der Waals surface area contributed by atoms with Gasteiger partial charge in [0, 0.05) is 5.56 Å². The third kappa shape index (κ3) is 2.17. The molecule has 3 aromatic rings. The molecule has 0 saturated carbocycles. The first-order chi connectivity index (χ1) is 8.86. The molecule has 0 aliphatic heterocycles. The Balaban J connectivity index is 1.90. The van der Waals surface area contributed by atoms with Gasteiger partial charge in [0.25, 0.3) is 0 Å². The fourth-order valence-electron chi connectivity index (χ4n) is 1.88. The predicted molar refractivity (Wildman–Crippen MR) is 74.7 cm³/mol. The molecule has 2 heterocycles. The molecule has 2 aromatic heterocycles. The van der Waals surface area contributed by atoms with E-state index in [9.17, 15) is 0 Å². The van der Waals surface area contributed by atoms with Gasteiger partial charge in [-0.3, -0.25) is 0 Å². The van der Waals surface area contributed by atoms with Gasteiger partial charge in [0.05, 0.1) is 22.3 Å². The second-order valence-corrected chi connectivity index (χ2v) is 4.97. The van der Waals surface area contributed by atoms with Crippen molar-refractivity contribution in [1.29, 1.82) is 0 Å². The number of nitrogens with one attached hydrogen (secondary N) is 1. The maximum absolute atomic E-state index is 5.82. The molecule has 0 amide bonds. The summed E-state index contributed by atoms with van der Waals surface area (Å²) in [6, 6.07) is 10.3. The molecule has 0 saturated heterocycles. The van der Waals surface area contributed by atoms with Crippen LogP contribution in [0.15, 0.2) is 40.3 Å². The van der Waals surface area contributed by atoms with Crippen LogP contribution in [0.4, 0.5) is 0 Å². The standard InChI is InChI=1S/C14H14N2OS/c1-2-15-8-11-4-6-13(17-11)10-3-5-12-14(7-10)18-9-16-12/h3-7,9,15H,2,8H2,1H3. The van der Waals surface area contributed by atoms with Gasteiger partial charge in [0.2, 0.25) is 0 Å². The lowest BCUT2D eigenvalue weighted by Crippen LogP contribution is -2.10. The van der Waals surface area contributed by atoms with Crippen molar-refractivity contribution in [1.82, 2.24) is 10.3 Å². The minimum Gasteiger partial charge on any atom is -0.460 e. The van der Waals surface area contributed by atoms with Gasteiger partial charge in [-0.25, -0.2) is 4.98 Å². The zero-order valence-corrected chi connectivity index (χ0v) is 11.0. The van der Waals surface area contributed by atoms with E-state index in [0.717, 1.165) is 35.7 Å². The summed E-state index contributed by atoms with van der Waals surface area (Å²) in [5.41, 5.74) is 4.02. The van der Waals surface area contributed by atoms with Crippen molar-refractivity contribution in [3.05, 3.63) is 41.6 Å². The molecule has 0 radical (unpaired) electrons. The molecule has 4 heteroatoms. The summed E-state index contributed by atoms with van der Waals surface area (Å²) in [4.78, 5) is 4.28. The second kappa shape index (κ2) is 4.92. The monoisotopic (exact) mass is 258 g/mol. The number of hydrogen-bond donors (Lipinski definition) is 1. The number of aromatic nitrogens is 1. The fraction of sp³-hybridized carbons (Fsp3) is 0.214. The molecule has 0 atom stereocenters. The molecule has 0 aliphatic rings. The largest absolute Gasteiger partial charge is 0.460 e. The van der Waals surface area contributed by atoms with E-state index in [4.69, 9.17) is 4.42 Å². The van der Waals surface area contributed by atoms with Crippen molar-refractivity contribution in [2.75, 3.05) is 6.54 Å². The fourth-order valence-corrected chi connectivity index (χ4v) is 2.60. The molecule has 0 unspecified atom stereocenters. The van der Waals surface area contributed by atoms with Crippen molar-refractivity contribution in [2.45, 2.75) is 13.5 Å². The molecular formula is C14H14N2OS. The molecule has 0 spiro atoms. The van der Waals surface area contributed by atoms with Gasteiger partial charge in [-0.15, -0.1) is 11.3 Å². The number of hydrogen-bond acceptors (Lipinski definition) is 4. The zero-order chi connectivity index (χ0) is 12.4. The van der Waals surface area contributed by atoms with Gasteiger partial charge < -0.3 is 9.73 Å². The Bertz CT molecular complexity index is 656. The Hall–Kier alpha value is -1.65. The van der Waals surface area contributed by atoms with Crippen molar-refractivity contribution < 1.29 is 4.42 Å². The molecule has 92 valence electrons. The number of thiazole rings is 1. The Morgan fingerprint density at radius 1 is 1.28 bits per heavy atom. The zero-order valence-electron chi connectivity index (χ0n) is 10.1. The lowest BCUT2D eigenvalue weighted by molar-refractivity contribution is 0.498. The van der Waals surface area contributed by atoms with Crippen LogP contribution in [0.5, 0.6) is 0 Å². The summed E-state index contributed by atoms with van der Waals surface area (Å²) < 4.78 is 7.01. The van der Waals surface area contributed by atoms with Gasteiger partial charge >= 0.3 is 0 Å². The van der Waals surface area contributed by atoms with Crippen LogP contribution in [0.2, 0.25) is 0 Å². The molecule has 18 heavy (non-hydrogen) atoms. The Morgan fingerprint density at radius 2 is 2.22 bits per heavy atom. The quantitative estimate of drug-likeness (QED) is 0.776. The Kier molecular flexibility index (Phi) is 3.13. The molecule has 0 bridgehead atoms. The first kappa shape index (κ1) is 11.4. The average molecular weight is 258 g/mol. The van der Waals surface area contributed by atoms with Crippen LogP contribution in [0.25, 0.3) is 21.5 Å². The second-order valence-electron chi connectivity index (χ2n) is 4.08. The Morgan fingerprint density at radius 3 is 3.11 bits per heavy atom. The molecule has 3 rings (SSSR count). The van der Waals surface area contributed by atoms with Crippen LogP contribution in [-0.4, -0.2) is 11.5 Å². The van der Waals surface area contributed by atoms with E-state index in [1.807, 2.05) is 23.7 Å². The highest BCUT2D eigenvalue weighted by atomic mass is 32.1. The highest BCUT2D eigenvalue weighted by Gasteiger charge is 2.06. The highest BCUT2D eigenvalue weighted by molar-refractivity contribution is 7.16. The number of benzene rings is 1. The topological polar surface area (TPSA) is 38.1 Å². The van der Waals surface area contributed by atoms with Crippen LogP contribution in [-0.2, 0) is 6.54 Å². The van der Waals surface area contributed by atoms with Crippen molar-refractivity contribution in [3.8, 4) is 11.3 Å². The molecule has 1 aromatic carbocycles. The van der Waals surface area contributed by atoms with Gasteiger partial charge in [-0.1, -0.05) is 6.92 Å². The van der Waals surface area contributed by atoms with E-state index in [1.54, 1.807) is 11.3 Å². The molecule has 0 fully saturated rings. The smallest absolute Gasteiger partial charge is 0.134 e. The van der Waals surface area contributed by atoms with Crippen molar-refractivity contribution in [2.24, 2.45) is 0 Å². The minimum absolute atomic E-state index is 0.777. The summed E-state index contributed by atoms with van der Waals surface area (Å²) in [6.45, 7) is 3.81. The molecular weight excluding hydrogens is 244 g/mol. The number of nitrogens with zero attached hydrogens (tertiary/aromatic N) is 1. The van der Waals surface area contributed by atoms with E-state index in [2.05, 4.69) is 29.4 Å². The van der Waals surface area contributed by atoms with Gasteiger partial charge in [0.1, 0.15) is 11.5 Å². The SMILES string of the molecule is CCNCc1ccc(-c2ccc3ncsc3c2)o1. The van der Waals surface area contributed by atoms with Crippen LogP contribution < -0.4 is 5.32 Å².